The Morgan fingerprint density at radius 3 is 2.15 bits per heavy atom. The average Bonchev–Trinajstić information content (AvgIpc) is 2.10. The predicted molar refractivity (Wildman–Crippen MR) is 39.9 cm³/mol. The van der Waals surface area contributed by atoms with Gasteiger partial charge in [0.1, 0.15) is 0 Å². The van der Waals surface area contributed by atoms with Gasteiger partial charge in [-0.05, 0) is 12.8 Å². The van der Waals surface area contributed by atoms with Crippen molar-refractivity contribution in [3.05, 3.63) is 0 Å². The van der Waals surface area contributed by atoms with Gasteiger partial charge in [-0.1, -0.05) is 0 Å². The first-order chi connectivity index (χ1) is 6.04. The standard InChI is InChI=1S/C8H8F2N2O/c9-8(10)3-1-7(5-11,2-4-8)12-6-13/h1-4H2. The Hall–Kier alpha value is -1.27. The van der Waals surface area contributed by atoms with Gasteiger partial charge in [-0.3, -0.25) is 0 Å². The van der Waals surface area contributed by atoms with Crippen molar-refractivity contribution in [1.82, 2.24) is 0 Å². The molecule has 13 heavy (non-hydrogen) atoms. The van der Waals surface area contributed by atoms with Crippen molar-refractivity contribution >= 4 is 6.08 Å². The SMILES string of the molecule is N#CC1(N=C=O)CCC(F)(F)CC1. The molecule has 0 unspecified atom stereocenters. The lowest BCUT2D eigenvalue weighted by atomic mass is 9.81. The van der Waals surface area contributed by atoms with Gasteiger partial charge in [-0.2, -0.15) is 10.3 Å². The van der Waals surface area contributed by atoms with Gasteiger partial charge in [-0.15, -0.1) is 0 Å². The molecule has 1 saturated carbocycles. The number of nitrogens with zero attached hydrogens (tertiary/aromatic N) is 2. The number of alkyl halides is 2. The summed E-state index contributed by atoms with van der Waals surface area (Å²) in [7, 11) is 0. The van der Waals surface area contributed by atoms with Crippen LogP contribution in [0.1, 0.15) is 25.7 Å². The summed E-state index contributed by atoms with van der Waals surface area (Å²) in [5.41, 5.74) is -1.25. The van der Waals surface area contributed by atoms with Gasteiger partial charge in [0.15, 0.2) is 5.54 Å². The number of rotatable bonds is 1. The van der Waals surface area contributed by atoms with Crippen molar-refractivity contribution in [2.24, 2.45) is 4.99 Å². The quantitative estimate of drug-likeness (QED) is 0.463. The van der Waals surface area contributed by atoms with E-state index in [-0.39, 0.29) is 25.7 Å². The van der Waals surface area contributed by atoms with E-state index in [2.05, 4.69) is 4.99 Å². The Morgan fingerprint density at radius 1 is 1.23 bits per heavy atom. The fourth-order valence-electron chi connectivity index (χ4n) is 1.37. The molecule has 0 aromatic rings. The van der Waals surface area contributed by atoms with Crippen LogP contribution in [-0.2, 0) is 4.79 Å². The van der Waals surface area contributed by atoms with Crippen LogP contribution >= 0.6 is 0 Å². The Morgan fingerprint density at radius 2 is 1.77 bits per heavy atom. The fraction of sp³-hybridized carbons (Fsp3) is 0.750. The molecule has 70 valence electrons. The van der Waals surface area contributed by atoms with Gasteiger partial charge in [0, 0.05) is 12.8 Å². The molecule has 1 aliphatic carbocycles. The number of isocyanates is 1. The normalized spacial score (nSPS) is 24.1. The number of carbonyl (C=O) groups excluding carboxylic acids is 1. The molecular weight excluding hydrogens is 178 g/mol. The molecule has 3 nitrogen and oxygen atoms in total. The van der Waals surface area contributed by atoms with Gasteiger partial charge in [0.25, 0.3) is 0 Å². The van der Waals surface area contributed by atoms with E-state index in [4.69, 9.17) is 5.26 Å². The molecule has 0 saturated heterocycles. The van der Waals surface area contributed by atoms with Crippen molar-refractivity contribution in [2.45, 2.75) is 37.1 Å². The second-order valence-corrected chi connectivity index (χ2v) is 3.20. The molecule has 0 aromatic carbocycles. The van der Waals surface area contributed by atoms with Crippen LogP contribution in [-0.4, -0.2) is 17.5 Å². The molecule has 0 aliphatic heterocycles. The number of aliphatic imine (C=N–C) groups is 1. The summed E-state index contributed by atoms with van der Waals surface area (Å²) in [4.78, 5) is 13.3. The van der Waals surface area contributed by atoms with Crippen molar-refractivity contribution in [2.75, 3.05) is 0 Å². The summed E-state index contributed by atoms with van der Waals surface area (Å²) in [5.74, 6) is -2.71. The van der Waals surface area contributed by atoms with Gasteiger partial charge < -0.3 is 0 Å². The van der Waals surface area contributed by atoms with Crippen molar-refractivity contribution in [1.29, 1.82) is 5.26 Å². The smallest absolute Gasteiger partial charge is 0.211 e. The summed E-state index contributed by atoms with van der Waals surface area (Å²) < 4.78 is 25.3. The van der Waals surface area contributed by atoms with E-state index < -0.39 is 11.5 Å². The lowest BCUT2D eigenvalue weighted by Crippen LogP contribution is -2.35. The summed E-state index contributed by atoms with van der Waals surface area (Å²) in [6, 6.07) is 1.79. The molecule has 1 fully saturated rings. The van der Waals surface area contributed by atoms with Crippen LogP contribution in [0.15, 0.2) is 4.99 Å². The molecular formula is C8H8F2N2O. The van der Waals surface area contributed by atoms with Gasteiger partial charge in [-0.25, -0.2) is 13.6 Å². The summed E-state index contributed by atoms with van der Waals surface area (Å²) in [6.07, 6.45) is 0.370. The highest BCUT2D eigenvalue weighted by Gasteiger charge is 2.43. The van der Waals surface area contributed by atoms with Crippen molar-refractivity contribution < 1.29 is 13.6 Å². The van der Waals surface area contributed by atoms with Crippen LogP contribution in [0.5, 0.6) is 0 Å². The Labute approximate surface area is 74.1 Å². The van der Waals surface area contributed by atoms with Gasteiger partial charge >= 0.3 is 0 Å². The molecule has 0 spiro atoms. The third kappa shape index (κ3) is 2.10. The lowest BCUT2D eigenvalue weighted by Gasteiger charge is -2.30. The first-order valence-corrected chi connectivity index (χ1v) is 3.92. The zero-order chi connectivity index (χ0) is 9.95. The second-order valence-electron chi connectivity index (χ2n) is 3.20. The first kappa shape index (κ1) is 9.82. The molecule has 5 heteroatoms. The first-order valence-electron chi connectivity index (χ1n) is 3.92. The minimum absolute atomic E-state index is 0.0637. The van der Waals surface area contributed by atoms with Crippen molar-refractivity contribution in [3.8, 4) is 6.07 Å². The highest BCUT2D eigenvalue weighted by molar-refractivity contribution is 5.37. The third-order valence-electron chi connectivity index (χ3n) is 2.28. The van der Waals surface area contributed by atoms with Crippen LogP contribution in [0.25, 0.3) is 0 Å². The maximum atomic E-state index is 12.7. The lowest BCUT2D eigenvalue weighted by molar-refractivity contribution is -0.0438. The number of halogens is 2. The van der Waals surface area contributed by atoms with Crippen LogP contribution in [0, 0.1) is 11.3 Å². The fourth-order valence-corrected chi connectivity index (χ4v) is 1.37. The molecule has 0 bridgehead atoms. The van der Waals surface area contributed by atoms with Gasteiger partial charge in [0.05, 0.1) is 6.07 Å². The van der Waals surface area contributed by atoms with Gasteiger partial charge in [0.2, 0.25) is 12.0 Å². The number of hydrogen-bond acceptors (Lipinski definition) is 3. The van der Waals surface area contributed by atoms with E-state index in [9.17, 15) is 13.6 Å². The van der Waals surface area contributed by atoms with E-state index in [0.717, 1.165) is 0 Å². The minimum atomic E-state index is -2.71. The monoisotopic (exact) mass is 186 g/mol. The number of hydrogen-bond donors (Lipinski definition) is 0. The summed E-state index contributed by atoms with van der Waals surface area (Å²) in [6.45, 7) is 0. The van der Waals surface area contributed by atoms with Crippen LogP contribution in [0.3, 0.4) is 0 Å². The van der Waals surface area contributed by atoms with E-state index >= 15 is 0 Å². The molecule has 0 atom stereocenters. The highest BCUT2D eigenvalue weighted by Crippen LogP contribution is 2.39. The van der Waals surface area contributed by atoms with Crippen LogP contribution in [0.2, 0.25) is 0 Å². The Kier molecular flexibility index (Phi) is 2.44. The van der Waals surface area contributed by atoms with E-state index in [1.54, 1.807) is 6.07 Å². The molecule has 0 N–H and O–H groups in total. The van der Waals surface area contributed by atoms with Crippen molar-refractivity contribution in [3.63, 3.8) is 0 Å². The Balaban J connectivity index is 2.76. The minimum Gasteiger partial charge on any atom is -0.211 e. The molecule has 0 amide bonds. The predicted octanol–water partition coefficient (Wildman–Crippen LogP) is 1.79. The largest absolute Gasteiger partial charge is 0.248 e. The number of nitriles is 1. The van der Waals surface area contributed by atoms with Crippen LogP contribution in [0.4, 0.5) is 8.78 Å². The summed E-state index contributed by atoms with van der Waals surface area (Å²) >= 11 is 0. The molecule has 1 aliphatic rings. The second kappa shape index (κ2) is 3.23. The van der Waals surface area contributed by atoms with E-state index in [1.807, 2.05) is 0 Å². The zero-order valence-corrected chi connectivity index (χ0v) is 6.89. The Bertz CT molecular complexity index is 279. The maximum absolute atomic E-state index is 12.7. The zero-order valence-electron chi connectivity index (χ0n) is 6.89. The molecule has 0 aromatic heterocycles. The highest BCUT2D eigenvalue weighted by atomic mass is 19.3. The van der Waals surface area contributed by atoms with Crippen LogP contribution < -0.4 is 0 Å². The maximum Gasteiger partial charge on any atom is 0.248 e. The molecule has 1 rings (SSSR count). The van der Waals surface area contributed by atoms with E-state index in [1.165, 1.54) is 6.08 Å². The molecule has 0 radical (unpaired) electrons. The third-order valence-corrected chi connectivity index (χ3v) is 2.28. The summed E-state index contributed by atoms with van der Waals surface area (Å²) in [5, 5.41) is 8.68. The molecule has 0 heterocycles. The topological polar surface area (TPSA) is 53.2 Å². The average molecular weight is 186 g/mol. The van der Waals surface area contributed by atoms with E-state index in [0.29, 0.717) is 0 Å².